The Morgan fingerprint density at radius 3 is 2.83 bits per heavy atom. The fourth-order valence-corrected chi connectivity index (χ4v) is 3.14. The molecule has 1 aliphatic heterocycles. The van der Waals surface area contributed by atoms with E-state index in [4.69, 9.17) is 4.74 Å². The summed E-state index contributed by atoms with van der Waals surface area (Å²) in [5.74, 6) is 0.990. The number of aryl methyl sites for hydroxylation is 1. The van der Waals surface area contributed by atoms with Crippen LogP contribution in [0.25, 0.3) is 0 Å². The number of nitrogens with zero attached hydrogens (tertiary/aromatic N) is 2. The van der Waals surface area contributed by atoms with Crippen LogP contribution in [-0.4, -0.2) is 35.6 Å². The monoisotopic (exact) mass is 325 g/mol. The van der Waals surface area contributed by atoms with Crippen LogP contribution in [0.4, 0.5) is 0 Å². The maximum atomic E-state index is 6.00. The zero-order valence-corrected chi connectivity index (χ0v) is 14.8. The van der Waals surface area contributed by atoms with Crippen molar-refractivity contribution in [2.45, 2.75) is 39.5 Å². The van der Waals surface area contributed by atoms with Crippen molar-refractivity contribution in [3.8, 4) is 5.75 Å². The van der Waals surface area contributed by atoms with Crippen molar-refractivity contribution in [2.24, 2.45) is 0 Å². The number of hydrogen-bond acceptors (Lipinski definition) is 4. The molecule has 2 heterocycles. The maximum absolute atomic E-state index is 6.00. The van der Waals surface area contributed by atoms with E-state index in [0.717, 1.165) is 37.6 Å². The molecule has 4 nitrogen and oxygen atoms in total. The van der Waals surface area contributed by atoms with E-state index >= 15 is 0 Å². The van der Waals surface area contributed by atoms with Crippen LogP contribution in [0.15, 0.2) is 42.6 Å². The minimum Gasteiger partial charge on any atom is -0.491 e. The van der Waals surface area contributed by atoms with Gasteiger partial charge in [-0.3, -0.25) is 9.88 Å². The number of aromatic nitrogens is 1. The van der Waals surface area contributed by atoms with E-state index in [-0.39, 0.29) is 6.10 Å². The van der Waals surface area contributed by atoms with Crippen molar-refractivity contribution in [3.63, 3.8) is 0 Å². The third kappa shape index (κ3) is 4.34. The topological polar surface area (TPSA) is 37.4 Å². The highest BCUT2D eigenvalue weighted by molar-refractivity contribution is 5.36. The Hall–Kier alpha value is -1.91. The summed E-state index contributed by atoms with van der Waals surface area (Å²) >= 11 is 0. The lowest BCUT2D eigenvalue weighted by Gasteiger charge is -2.34. The van der Waals surface area contributed by atoms with Gasteiger partial charge in [0, 0.05) is 49.7 Å². The van der Waals surface area contributed by atoms with Gasteiger partial charge in [-0.05, 0) is 38.5 Å². The predicted octanol–water partition coefficient (Wildman–Crippen LogP) is 3.32. The van der Waals surface area contributed by atoms with Crippen LogP contribution in [0.5, 0.6) is 5.75 Å². The molecule has 0 bridgehead atoms. The number of piperazine rings is 1. The van der Waals surface area contributed by atoms with Gasteiger partial charge >= 0.3 is 0 Å². The highest BCUT2D eigenvalue weighted by Crippen LogP contribution is 2.28. The second kappa shape index (κ2) is 7.77. The summed E-state index contributed by atoms with van der Waals surface area (Å²) < 4.78 is 6.00. The van der Waals surface area contributed by atoms with E-state index in [9.17, 15) is 0 Å². The highest BCUT2D eigenvalue weighted by Gasteiger charge is 2.23. The molecule has 1 aromatic heterocycles. The summed E-state index contributed by atoms with van der Waals surface area (Å²) in [6.45, 7) is 10.1. The van der Waals surface area contributed by atoms with Crippen LogP contribution < -0.4 is 10.1 Å². The lowest BCUT2D eigenvalue weighted by molar-refractivity contribution is 0.186. The van der Waals surface area contributed by atoms with E-state index in [0.29, 0.717) is 6.04 Å². The minimum atomic E-state index is 0.185. The van der Waals surface area contributed by atoms with Gasteiger partial charge in [0.2, 0.25) is 0 Å². The second-order valence-electron chi connectivity index (χ2n) is 6.75. The predicted molar refractivity (Wildman–Crippen MR) is 97.2 cm³/mol. The fraction of sp³-hybridized carbons (Fsp3) is 0.450. The summed E-state index contributed by atoms with van der Waals surface area (Å²) in [6, 6.07) is 12.9. The molecule has 1 fully saturated rings. The van der Waals surface area contributed by atoms with Crippen LogP contribution in [0.1, 0.15) is 36.7 Å². The van der Waals surface area contributed by atoms with Gasteiger partial charge in [0.15, 0.2) is 0 Å². The molecule has 1 aromatic carbocycles. The molecule has 1 aliphatic rings. The van der Waals surface area contributed by atoms with Gasteiger partial charge in [-0.15, -0.1) is 0 Å². The molecule has 24 heavy (non-hydrogen) atoms. The first-order valence-electron chi connectivity index (χ1n) is 8.74. The Kier molecular flexibility index (Phi) is 5.48. The van der Waals surface area contributed by atoms with Crippen molar-refractivity contribution in [3.05, 3.63) is 59.4 Å². The Bertz CT molecular complexity index is 654. The molecule has 1 atom stereocenters. The average molecular weight is 325 g/mol. The number of para-hydroxylation sites is 1. The zero-order chi connectivity index (χ0) is 16.9. The SMILES string of the molecule is Cc1ccc(CN2CCNC(c3ccccc3OC(C)C)C2)cn1. The summed E-state index contributed by atoms with van der Waals surface area (Å²) in [6.07, 6.45) is 2.17. The molecule has 2 aromatic rings. The molecule has 1 saturated heterocycles. The molecule has 128 valence electrons. The van der Waals surface area contributed by atoms with Crippen LogP contribution in [0, 0.1) is 6.92 Å². The van der Waals surface area contributed by atoms with Gasteiger partial charge in [0.1, 0.15) is 5.75 Å². The Morgan fingerprint density at radius 1 is 1.25 bits per heavy atom. The van der Waals surface area contributed by atoms with Gasteiger partial charge in [0.05, 0.1) is 6.10 Å². The lowest BCUT2D eigenvalue weighted by atomic mass is 10.0. The van der Waals surface area contributed by atoms with E-state index in [1.807, 2.05) is 19.2 Å². The summed E-state index contributed by atoms with van der Waals surface area (Å²) in [5.41, 5.74) is 3.59. The molecule has 3 rings (SSSR count). The molecule has 1 N–H and O–H groups in total. The number of rotatable bonds is 5. The quantitative estimate of drug-likeness (QED) is 0.915. The van der Waals surface area contributed by atoms with Crippen LogP contribution in [0.3, 0.4) is 0 Å². The first-order valence-corrected chi connectivity index (χ1v) is 8.74. The van der Waals surface area contributed by atoms with Gasteiger partial charge in [0.25, 0.3) is 0 Å². The van der Waals surface area contributed by atoms with Crippen molar-refractivity contribution in [1.82, 2.24) is 15.2 Å². The molecule has 0 spiro atoms. The van der Waals surface area contributed by atoms with E-state index in [1.54, 1.807) is 0 Å². The molecule has 0 saturated carbocycles. The zero-order valence-electron chi connectivity index (χ0n) is 14.8. The molecule has 4 heteroatoms. The smallest absolute Gasteiger partial charge is 0.124 e. The first kappa shape index (κ1) is 16.9. The molecule has 0 amide bonds. The van der Waals surface area contributed by atoms with Gasteiger partial charge in [-0.1, -0.05) is 24.3 Å². The number of benzene rings is 1. The lowest BCUT2D eigenvalue weighted by Crippen LogP contribution is -2.45. The maximum Gasteiger partial charge on any atom is 0.124 e. The third-order valence-corrected chi connectivity index (χ3v) is 4.30. The minimum absolute atomic E-state index is 0.185. The largest absolute Gasteiger partial charge is 0.491 e. The van der Waals surface area contributed by atoms with Crippen molar-refractivity contribution < 1.29 is 4.74 Å². The fourth-order valence-electron chi connectivity index (χ4n) is 3.14. The number of ether oxygens (including phenoxy) is 1. The molecule has 0 aliphatic carbocycles. The van der Waals surface area contributed by atoms with E-state index in [1.165, 1.54) is 11.1 Å². The molecule has 0 radical (unpaired) electrons. The number of hydrogen-bond donors (Lipinski definition) is 1. The summed E-state index contributed by atoms with van der Waals surface area (Å²) in [5, 5.41) is 3.64. The van der Waals surface area contributed by atoms with Crippen molar-refractivity contribution in [1.29, 1.82) is 0 Å². The van der Waals surface area contributed by atoms with E-state index in [2.05, 4.69) is 59.4 Å². The molecular weight excluding hydrogens is 298 g/mol. The van der Waals surface area contributed by atoms with E-state index < -0.39 is 0 Å². The summed E-state index contributed by atoms with van der Waals surface area (Å²) in [4.78, 5) is 6.89. The highest BCUT2D eigenvalue weighted by atomic mass is 16.5. The van der Waals surface area contributed by atoms with Crippen molar-refractivity contribution >= 4 is 0 Å². The Morgan fingerprint density at radius 2 is 2.08 bits per heavy atom. The normalized spacial score (nSPS) is 18.8. The van der Waals surface area contributed by atoms with Crippen LogP contribution in [0.2, 0.25) is 0 Å². The summed E-state index contributed by atoms with van der Waals surface area (Å²) in [7, 11) is 0. The second-order valence-corrected chi connectivity index (χ2v) is 6.75. The Labute approximate surface area is 144 Å². The van der Waals surface area contributed by atoms with Crippen molar-refractivity contribution in [2.75, 3.05) is 19.6 Å². The average Bonchev–Trinajstić information content (AvgIpc) is 2.57. The van der Waals surface area contributed by atoms with Gasteiger partial charge in [-0.2, -0.15) is 0 Å². The number of pyridine rings is 1. The first-order chi connectivity index (χ1) is 11.6. The standard InChI is InChI=1S/C20H27N3O/c1-15(2)24-20-7-5-4-6-18(20)19-14-23(11-10-21-19)13-17-9-8-16(3)22-12-17/h4-9,12,15,19,21H,10-11,13-14H2,1-3H3. The van der Waals surface area contributed by atoms with Crippen LogP contribution >= 0.6 is 0 Å². The Balaban J connectivity index is 1.70. The third-order valence-electron chi connectivity index (χ3n) is 4.30. The molecular formula is C20H27N3O. The van der Waals surface area contributed by atoms with Crippen LogP contribution in [-0.2, 0) is 6.54 Å². The number of nitrogens with one attached hydrogen (secondary N) is 1. The van der Waals surface area contributed by atoms with Gasteiger partial charge in [-0.25, -0.2) is 0 Å². The van der Waals surface area contributed by atoms with Gasteiger partial charge < -0.3 is 10.1 Å². The molecule has 1 unspecified atom stereocenters.